The Bertz CT molecular complexity index is 400. The van der Waals surface area contributed by atoms with E-state index in [0.717, 1.165) is 0 Å². The second-order valence-electron chi connectivity index (χ2n) is 4.14. The number of nitrogens with one attached hydrogen (secondary N) is 1. The van der Waals surface area contributed by atoms with E-state index in [1.807, 2.05) is 6.92 Å². The highest BCUT2D eigenvalue weighted by Crippen LogP contribution is 2.04. The van der Waals surface area contributed by atoms with Gasteiger partial charge in [-0.1, -0.05) is 6.92 Å². The van der Waals surface area contributed by atoms with Gasteiger partial charge < -0.3 is 15.0 Å². The second-order valence-corrected chi connectivity index (χ2v) is 4.14. The number of hydrogen-bond donors (Lipinski definition) is 2. The molecule has 0 saturated heterocycles. The van der Waals surface area contributed by atoms with Crippen LogP contribution < -0.4 is 5.32 Å². The zero-order chi connectivity index (χ0) is 12.8. The van der Waals surface area contributed by atoms with E-state index < -0.39 is 5.97 Å². The summed E-state index contributed by atoms with van der Waals surface area (Å²) in [7, 11) is 1.75. The van der Waals surface area contributed by atoms with Crippen LogP contribution in [-0.2, 0) is 11.8 Å². The number of aromatic nitrogens is 2. The van der Waals surface area contributed by atoms with E-state index in [1.54, 1.807) is 17.9 Å². The summed E-state index contributed by atoms with van der Waals surface area (Å²) in [5.74, 6) is -0.856. The molecule has 17 heavy (non-hydrogen) atoms. The van der Waals surface area contributed by atoms with E-state index in [1.165, 1.54) is 6.20 Å². The number of rotatable bonds is 6. The molecule has 1 rings (SSSR count). The number of hydrogen-bond acceptors (Lipinski definition) is 3. The lowest BCUT2D eigenvalue weighted by Gasteiger charge is -2.11. The quantitative estimate of drug-likeness (QED) is 0.763. The van der Waals surface area contributed by atoms with Gasteiger partial charge in [0.05, 0.1) is 12.5 Å². The first-order valence-corrected chi connectivity index (χ1v) is 5.47. The second kappa shape index (κ2) is 6.03. The summed E-state index contributed by atoms with van der Waals surface area (Å²) in [5, 5.41) is 11.3. The van der Waals surface area contributed by atoms with E-state index >= 15 is 0 Å². The predicted octanol–water partition coefficient (Wildman–Crippen LogP) is 0.651. The van der Waals surface area contributed by atoms with E-state index in [9.17, 15) is 9.59 Å². The lowest BCUT2D eigenvalue weighted by atomic mass is 10.1. The van der Waals surface area contributed by atoms with Gasteiger partial charge in [0.2, 0.25) is 0 Å². The fraction of sp³-hybridized carbons (Fsp3) is 0.545. The monoisotopic (exact) mass is 239 g/mol. The van der Waals surface area contributed by atoms with Crippen LogP contribution in [0.1, 0.15) is 30.3 Å². The van der Waals surface area contributed by atoms with Crippen molar-refractivity contribution in [2.75, 3.05) is 6.54 Å². The van der Waals surface area contributed by atoms with E-state index in [2.05, 4.69) is 10.3 Å². The topological polar surface area (TPSA) is 84.2 Å². The third-order valence-corrected chi connectivity index (χ3v) is 2.51. The van der Waals surface area contributed by atoms with Crippen LogP contribution in [0.15, 0.2) is 12.5 Å². The Labute approximate surface area is 99.7 Å². The first-order valence-electron chi connectivity index (χ1n) is 5.47. The summed E-state index contributed by atoms with van der Waals surface area (Å²) in [6.45, 7) is 2.38. The largest absolute Gasteiger partial charge is 0.481 e. The number of imidazole rings is 1. The summed E-state index contributed by atoms with van der Waals surface area (Å²) < 4.78 is 1.64. The normalized spacial score (nSPS) is 12.1. The maximum absolute atomic E-state index is 11.7. The Morgan fingerprint density at radius 2 is 2.29 bits per heavy atom. The van der Waals surface area contributed by atoms with Gasteiger partial charge in [0.1, 0.15) is 5.69 Å². The molecule has 2 N–H and O–H groups in total. The first-order chi connectivity index (χ1) is 8.00. The molecule has 0 fully saturated rings. The molecule has 0 radical (unpaired) electrons. The number of aliphatic carboxylic acids is 1. The van der Waals surface area contributed by atoms with Crippen LogP contribution in [0.4, 0.5) is 0 Å². The van der Waals surface area contributed by atoms with Crippen LogP contribution >= 0.6 is 0 Å². The Balaban J connectivity index is 2.33. The predicted molar refractivity (Wildman–Crippen MR) is 61.6 cm³/mol. The third-order valence-electron chi connectivity index (χ3n) is 2.51. The molecule has 6 nitrogen and oxygen atoms in total. The molecule has 0 spiro atoms. The smallest absolute Gasteiger partial charge is 0.303 e. The van der Waals surface area contributed by atoms with Crippen molar-refractivity contribution in [1.29, 1.82) is 0 Å². The lowest BCUT2D eigenvalue weighted by Crippen LogP contribution is -2.29. The molecular formula is C11H17N3O3. The SMILES string of the molecule is CC(CCC(=O)O)CNC(=O)c1cncn1C. The highest BCUT2D eigenvalue weighted by molar-refractivity contribution is 5.92. The van der Waals surface area contributed by atoms with E-state index in [0.29, 0.717) is 18.7 Å². The van der Waals surface area contributed by atoms with Crippen molar-refractivity contribution in [2.24, 2.45) is 13.0 Å². The number of aryl methyl sites for hydroxylation is 1. The van der Waals surface area contributed by atoms with Gasteiger partial charge in [0.25, 0.3) is 5.91 Å². The zero-order valence-electron chi connectivity index (χ0n) is 10.0. The van der Waals surface area contributed by atoms with Crippen LogP contribution in [0, 0.1) is 5.92 Å². The fourth-order valence-corrected chi connectivity index (χ4v) is 1.41. The Morgan fingerprint density at radius 3 is 2.82 bits per heavy atom. The van der Waals surface area contributed by atoms with Crippen molar-refractivity contribution in [3.8, 4) is 0 Å². The summed E-state index contributed by atoms with van der Waals surface area (Å²) in [4.78, 5) is 25.9. The van der Waals surface area contributed by atoms with Gasteiger partial charge in [-0.3, -0.25) is 9.59 Å². The van der Waals surface area contributed by atoms with Crippen molar-refractivity contribution >= 4 is 11.9 Å². The average molecular weight is 239 g/mol. The molecule has 0 bridgehead atoms. The van der Waals surface area contributed by atoms with E-state index in [-0.39, 0.29) is 18.2 Å². The molecule has 0 saturated carbocycles. The third kappa shape index (κ3) is 4.26. The Hall–Kier alpha value is -1.85. The molecule has 1 heterocycles. The van der Waals surface area contributed by atoms with Gasteiger partial charge in [-0.25, -0.2) is 4.98 Å². The van der Waals surface area contributed by atoms with Crippen LogP contribution in [0.5, 0.6) is 0 Å². The van der Waals surface area contributed by atoms with Crippen molar-refractivity contribution in [2.45, 2.75) is 19.8 Å². The number of carboxylic acids is 1. The Kier molecular flexibility index (Phi) is 4.68. The molecule has 1 amide bonds. The minimum absolute atomic E-state index is 0.128. The molecule has 1 aromatic heterocycles. The summed E-state index contributed by atoms with van der Waals surface area (Å²) in [6, 6.07) is 0. The van der Waals surface area contributed by atoms with Crippen molar-refractivity contribution < 1.29 is 14.7 Å². The highest BCUT2D eigenvalue weighted by atomic mass is 16.4. The van der Waals surface area contributed by atoms with Crippen molar-refractivity contribution in [3.05, 3.63) is 18.2 Å². The fourth-order valence-electron chi connectivity index (χ4n) is 1.41. The molecule has 0 aliphatic carbocycles. The van der Waals surface area contributed by atoms with Crippen molar-refractivity contribution in [1.82, 2.24) is 14.9 Å². The molecule has 1 aromatic rings. The highest BCUT2D eigenvalue weighted by Gasteiger charge is 2.11. The van der Waals surface area contributed by atoms with Crippen LogP contribution in [0.2, 0.25) is 0 Å². The number of carboxylic acid groups (broad SMARTS) is 1. The molecule has 0 aromatic carbocycles. The van der Waals surface area contributed by atoms with E-state index in [4.69, 9.17) is 5.11 Å². The van der Waals surface area contributed by atoms with Crippen LogP contribution in [-0.4, -0.2) is 33.1 Å². The minimum Gasteiger partial charge on any atom is -0.481 e. The number of carbonyl (C=O) groups is 2. The maximum Gasteiger partial charge on any atom is 0.303 e. The standard InChI is InChI=1S/C11H17N3O3/c1-8(3-4-10(15)16)5-13-11(17)9-6-12-7-14(9)2/h6-8H,3-5H2,1-2H3,(H,13,17)(H,15,16). The molecule has 1 unspecified atom stereocenters. The van der Waals surface area contributed by atoms with Gasteiger partial charge in [-0.05, 0) is 12.3 Å². The first kappa shape index (κ1) is 13.2. The lowest BCUT2D eigenvalue weighted by molar-refractivity contribution is -0.137. The van der Waals surface area contributed by atoms with Gasteiger partial charge in [-0.2, -0.15) is 0 Å². The zero-order valence-corrected chi connectivity index (χ0v) is 10.0. The molecule has 0 aliphatic rings. The van der Waals surface area contributed by atoms with Crippen LogP contribution in [0.25, 0.3) is 0 Å². The minimum atomic E-state index is -0.810. The van der Waals surface area contributed by atoms with Gasteiger partial charge in [0.15, 0.2) is 0 Å². The van der Waals surface area contributed by atoms with Gasteiger partial charge in [-0.15, -0.1) is 0 Å². The molecule has 94 valence electrons. The van der Waals surface area contributed by atoms with Gasteiger partial charge >= 0.3 is 5.97 Å². The molecular weight excluding hydrogens is 222 g/mol. The van der Waals surface area contributed by atoms with Crippen LogP contribution in [0.3, 0.4) is 0 Å². The summed E-state index contributed by atoms with van der Waals surface area (Å²) >= 11 is 0. The number of nitrogens with zero attached hydrogens (tertiary/aromatic N) is 2. The molecule has 0 aliphatic heterocycles. The summed E-state index contributed by atoms with van der Waals surface area (Å²) in [5.41, 5.74) is 0.496. The number of amides is 1. The average Bonchev–Trinajstić information content (AvgIpc) is 2.69. The maximum atomic E-state index is 11.7. The number of carbonyl (C=O) groups excluding carboxylic acids is 1. The summed E-state index contributed by atoms with van der Waals surface area (Å²) in [6.07, 6.45) is 3.74. The van der Waals surface area contributed by atoms with Gasteiger partial charge in [0, 0.05) is 20.0 Å². The van der Waals surface area contributed by atoms with Crippen molar-refractivity contribution in [3.63, 3.8) is 0 Å². The molecule has 1 atom stereocenters. The molecule has 6 heteroatoms. The Morgan fingerprint density at radius 1 is 1.59 bits per heavy atom.